The van der Waals surface area contributed by atoms with Gasteiger partial charge >= 0.3 is 0 Å². The lowest BCUT2D eigenvalue weighted by atomic mass is 10.1. The van der Waals surface area contributed by atoms with E-state index in [9.17, 15) is 4.79 Å². The first-order valence-electron chi connectivity index (χ1n) is 7.09. The molecule has 19 heavy (non-hydrogen) atoms. The van der Waals surface area contributed by atoms with Crippen molar-refractivity contribution in [2.75, 3.05) is 11.9 Å². The summed E-state index contributed by atoms with van der Waals surface area (Å²) in [6.07, 6.45) is 5.43. The van der Waals surface area contributed by atoms with Crippen LogP contribution >= 0.6 is 11.3 Å². The fraction of sp³-hybridized carbons (Fsp3) is 0.769. The minimum absolute atomic E-state index is 0.101. The molecule has 2 N–H and O–H groups in total. The highest BCUT2D eigenvalue weighted by Gasteiger charge is 2.16. The molecular weight excluding hydrogens is 260 g/mol. The fourth-order valence-corrected chi connectivity index (χ4v) is 2.59. The molecular formula is C13H24N4OS. The molecule has 0 saturated heterocycles. The molecule has 1 atom stereocenters. The highest BCUT2D eigenvalue weighted by atomic mass is 32.1. The third-order valence-corrected chi connectivity index (χ3v) is 3.71. The number of aromatic nitrogens is 2. The average molecular weight is 284 g/mol. The number of amides is 1. The number of carbonyl (C=O) groups excluding carboxylic acids is 1. The maximum atomic E-state index is 12.1. The topological polar surface area (TPSA) is 66.9 Å². The smallest absolute Gasteiger partial charge is 0.282 e. The lowest BCUT2D eigenvalue weighted by molar-refractivity contribution is 0.0931. The number of nitrogens with one attached hydrogen (secondary N) is 2. The minimum Gasteiger partial charge on any atom is -0.360 e. The molecule has 1 rings (SSSR count). The molecule has 1 heterocycles. The van der Waals surface area contributed by atoms with Crippen molar-refractivity contribution >= 4 is 22.4 Å². The van der Waals surface area contributed by atoms with Crippen molar-refractivity contribution in [1.82, 2.24) is 15.5 Å². The molecule has 1 unspecified atom stereocenters. The van der Waals surface area contributed by atoms with E-state index in [0.717, 1.165) is 38.6 Å². The van der Waals surface area contributed by atoms with E-state index >= 15 is 0 Å². The average Bonchev–Trinajstić information content (AvgIpc) is 2.85. The van der Waals surface area contributed by atoms with Crippen LogP contribution in [0.5, 0.6) is 0 Å². The minimum atomic E-state index is -0.101. The molecule has 6 heteroatoms. The summed E-state index contributed by atoms with van der Waals surface area (Å²) < 4.78 is 0. The molecule has 0 aromatic carbocycles. The number of carbonyl (C=O) groups is 1. The molecule has 1 amide bonds. The quantitative estimate of drug-likeness (QED) is 0.731. The normalized spacial score (nSPS) is 12.2. The fourth-order valence-electron chi connectivity index (χ4n) is 1.87. The molecule has 108 valence electrons. The van der Waals surface area contributed by atoms with Crippen molar-refractivity contribution in [3.8, 4) is 0 Å². The highest BCUT2D eigenvalue weighted by molar-refractivity contribution is 7.17. The van der Waals surface area contributed by atoms with Gasteiger partial charge in [-0.1, -0.05) is 44.4 Å². The molecule has 1 aromatic rings. The first-order chi connectivity index (χ1) is 9.21. The first kappa shape index (κ1) is 15.9. The van der Waals surface area contributed by atoms with E-state index in [4.69, 9.17) is 0 Å². The Morgan fingerprint density at radius 2 is 2.00 bits per heavy atom. The SMILES string of the molecule is CCCCC(CCC)NC(=O)c1nnc(NCC)s1. The van der Waals surface area contributed by atoms with Gasteiger partial charge in [-0.25, -0.2) is 0 Å². The highest BCUT2D eigenvalue weighted by Crippen LogP contribution is 2.15. The zero-order valence-corrected chi connectivity index (χ0v) is 12.8. The van der Waals surface area contributed by atoms with Crippen LogP contribution in [-0.2, 0) is 0 Å². The monoisotopic (exact) mass is 284 g/mol. The van der Waals surface area contributed by atoms with E-state index in [2.05, 4.69) is 34.7 Å². The number of unbranched alkanes of at least 4 members (excludes halogenated alkanes) is 1. The largest absolute Gasteiger partial charge is 0.360 e. The van der Waals surface area contributed by atoms with Crippen molar-refractivity contribution < 1.29 is 4.79 Å². The zero-order chi connectivity index (χ0) is 14.1. The van der Waals surface area contributed by atoms with E-state index < -0.39 is 0 Å². The van der Waals surface area contributed by atoms with Gasteiger partial charge in [0.05, 0.1) is 0 Å². The molecule has 0 saturated carbocycles. The lowest BCUT2D eigenvalue weighted by Crippen LogP contribution is -2.34. The maximum absolute atomic E-state index is 12.1. The summed E-state index contributed by atoms with van der Waals surface area (Å²) in [6, 6.07) is 0.254. The number of nitrogens with zero attached hydrogens (tertiary/aromatic N) is 2. The summed E-state index contributed by atoms with van der Waals surface area (Å²) in [6.45, 7) is 7.08. The van der Waals surface area contributed by atoms with Crippen molar-refractivity contribution in [3.05, 3.63) is 5.01 Å². The van der Waals surface area contributed by atoms with E-state index in [1.54, 1.807) is 0 Å². The molecule has 0 aliphatic heterocycles. The Morgan fingerprint density at radius 1 is 1.21 bits per heavy atom. The van der Waals surface area contributed by atoms with Gasteiger partial charge in [-0.2, -0.15) is 0 Å². The second kappa shape index (κ2) is 8.85. The molecule has 1 aromatic heterocycles. The summed E-state index contributed by atoms with van der Waals surface area (Å²) >= 11 is 1.30. The van der Waals surface area contributed by atoms with Gasteiger partial charge in [-0.15, -0.1) is 10.2 Å². The molecule has 0 radical (unpaired) electrons. The Hall–Kier alpha value is -1.17. The van der Waals surface area contributed by atoms with Crippen LogP contribution in [0.1, 0.15) is 62.7 Å². The molecule has 0 aliphatic rings. The van der Waals surface area contributed by atoms with Crippen LogP contribution in [0.4, 0.5) is 5.13 Å². The van der Waals surface area contributed by atoms with Crippen molar-refractivity contribution in [1.29, 1.82) is 0 Å². The van der Waals surface area contributed by atoms with Gasteiger partial charge in [-0.05, 0) is 19.8 Å². The predicted molar refractivity (Wildman–Crippen MR) is 79.8 cm³/mol. The number of hydrogen-bond donors (Lipinski definition) is 2. The van der Waals surface area contributed by atoms with Crippen LogP contribution in [0.3, 0.4) is 0 Å². The van der Waals surface area contributed by atoms with E-state index in [0.29, 0.717) is 10.1 Å². The number of anilines is 1. The Balaban J connectivity index is 2.54. The van der Waals surface area contributed by atoms with Crippen LogP contribution < -0.4 is 10.6 Å². The van der Waals surface area contributed by atoms with Crippen LogP contribution in [0.15, 0.2) is 0 Å². The van der Waals surface area contributed by atoms with Crippen molar-refractivity contribution in [2.45, 2.75) is 58.9 Å². The summed E-state index contributed by atoms with van der Waals surface area (Å²) in [4.78, 5) is 12.1. The standard InChI is InChI=1S/C13H24N4OS/c1-4-7-9-10(8-5-2)15-11(18)12-16-17-13(19-12)14-6-3/h10H,4-9H2,1-3H3,(H,14,17)(H,15,18). The third-order valence-electron chi connectivity index (χ3n) is 2.83. The van der Waals surface area contributed by atoms with Crippen LogP contribution in [0.25, 0.3) is 0 Å². The summed E-state index contributed by atoms with van der Waals surface area (Å²) in [5, 5.41) is 15.1. The molecule has 5 nitrogen and oxygen atoms in total. The van der Waals surface area contributed by atoms with Gasteiger partial charge in [0, 0.05) is 12.6 Å². The summed E-state index contributed by atoms with van der Waals surface area (Å²) in [5.41, 5.74) is 0. The molecule has 0 fully saturated rings. The summed E-state index contributed by atoms with van der Waals surface area (Å²) in [5.74, 6) is -0.101. The summed E-state index contributed by atoms with van der Waals surface area (Å²) in [7, 11) is 0. The van der Waals surface area contributed by atoms with Crippen molar-refractivity contribution in [2.24, 2.45) is 0 Å². The van der Waals surface area contributed by atoms with Crippen LogP contribution in [0.2, 0.25) is 0 Å². The maximum Gasteiger partial charge on any atom is 0.282 e. The van der Waals surface area contributed by atoms with Gasteiger partial charge in [-0.3, -0.25) is 4.79 Å². The van der Waals surface area contributed by atoms with Crippen LogP contribution in [-0.4, -0.2) is 28.7 Å². The second-order valence-electron chi connectivity index (χ2n) is 4.54. The van der Waals surface area contributed by atoms with E-state index in [1.807, 2.05) is 6.92 Å². The Bertz CT molecular complexity index is 380. The van der Waals surface area contributed by atoms with Gasteiger partial charge in [0.15, 0.2) is 0 Å². The van der Waals surface area contributed by atoms with Crippen molar-refractivity contribution in [3.63, 3.8) is 0 Å². The lowest BCUT2D eigenvalue weighted by Gasteiger charge is -2.16. The molecule has 0 aliphatic carbocycles. The third kappa shape index (κ3) is 5.55. The van der Waals surface area contributed by atoms with E-state index in [-0.39, 0.29) is 11.9 Å². The number of hydrogen-bond acceptors (Lipinski definition) is 5. The Labute approximate surface area is 119 Å². The number of rotatable bonds is 9. The molecule has 0 bridgehead atoms. The molecule has 0 spiro atoms. The van der Waals surface area contributed by atoms with Gasteiger partial charge < -0.3 is 10.6 Å². The predicted octanol–water partition coefficient (Wildman–Crippen LogP) is 3.06. The van der Waals surface area contributed by atoms with Crippen LogP contribution in [0, 0.1) is 0 Å². The zero-order valence-electron chi connectivity index (χ0n) is 12.0. The first-order valence-corrected chi connectivity index (χ1v) is 7.91. The Kier molecular flexibility index (Phi) is 7.40. The Morgan fingerprint density at radius 3 is 2.63 bits per heavy atom. The second-order valence-corrected chi connectivity index (χ2v) is 5.52. The van der Waals surface area contributed by atoms with Gasteiger partial charge in [0.1, 0.15) is 0 Å². The van der Waals surface area contributed by atoms with Gasteiger partial charge in [0.2, 0.25) is 10.1 Å². The van der Waals surface area contributed by atoms with E-state index in [1.165, 1.54) is 11.3 Å². The van der Waals surface area contributed by atoms with Gasteiger partial charge in [0.25, 0.3) is 5.91 Å².